The summed E-state index contributed by atoms with van der Waals surface area (Å²) < 4.78 is 40.7. The lowest BCUT2D eigenvalue weighted by Crippen LogP contribution is -2.49. The zero-order valence-electron chi connectivity index (χ0n) is 21.0. The van der Waals surface area contributed by atoms with E-state index in [0.29, 0.717) is 26.2 Å². The topological polar surface area (TPSA) is 38.1 Å². The number of aromatic nitrogens is 2. The smallest absolute Gasteiger partial charge is 0.243 e. The summed E-state index contributed by atoms with van der Waals surface area (Å²) in [6.45, 7) is 7.34. The van der Waals surface area contributed by atoms with E-state index in [4.69, 9.17) is 0 Å². The quantitative estimate of drug-likeness (QED) is 0.324. The lowest BCUT2D eigenvalue weighted by molar-refractivity contribution is -0.0283. The Labute approximate surface area is 209 Å². The van der Waals surface area contributed by atoms with Crippen LogP contribution in [0.4, 0.5) is 13.2 Å². The maximum Gasteiger partial charge on any atom is 0.243 e. The first-order chi connectivity index (χ1) is 17.2. The van der Waals surface area contributed by atoms with E-state index < -0.39 is 18.0 Å². The standard InChI is InChI=1S/C29H33F3N4/c1-17-10-23-22-6-4-5-7-25(22)34-26(23)27(36(17)16-29(2,3)32)18-8-9-24-19(11-18)12-21(33-24)15-35-13-20(14-35)28(30)31/h4-9,11-12,17,20,27-28,33-34H,10,13-16H2,1-3H3/t17-,27-/m1/s1. The molecule has 0 spiro atoms. The maximum atomic E-state index is 15.0. The Morgan fingerprint density at radius 3 is 2.56 bits per heavy atom. The third-order valence-corrected chi connectivity index (χ3v) is 7.83. The van der Waals surface area contributed by atoms with Gasteiger partial charge in [0.25, 0.3) is 0 Å². The number of fused-ring (bicyclic) bond motifs is 4. The second-order valence-corrected chi connectivity index (χ2v) is 11.3. The van der Waals surface area contributed by atoms with Gasteiger partial charge in [-0.3, -0.25) is 9.80 Å². The second kappa shape index (κ2) is 8.67. The van der Waals surface area contributed by atoms with Crippen LogP contribution in [0.25, 0.3) is 21.8 Å². The minimum atomic E-state index is -2.24. The molecule has 2 aromatic carbocycles. The van der Waals surface area contributed by atoms with Gasteiger partial charge < -0.3 is 9.97 Å². The van der Waals surface area contributed by atoms with E-state index in [0.717, 1.165) is 39.8 Å². The molecule has 0 bridgehead atoms. The van der Waals surface area contributed by atoms with E-state index in [-0.39, 0.29) is 12.1 Å². The highest BCUT2D eigenvalue weighted by atomic mass is 19.3. The molecule has 1 fully saturated rings. The predicted molar refractivity (Wildman–Crippen MR) is 138 cm³/mol. The summed E-state index contributed by atoms with van der Waals surface area (Å²) in [5.74, 6) is -0.509. The van der Waals surface area contributed by atoms with Crippen LogP contribution in [0.1, 0.15) is 49.3 Å². The van der Waals surface area contributed by atoms with Gasteiger partial charge in [0.2, 0.25) is 6.43 Å². The van der Waals surface area contributed by atoms with Crippen molar-refractivity contribution in [3.63, 3.8) is 0 Å². The van der Waals surface area contributed by atoms with E-state index in [1.165, 1.54) is 10.9 Å². The number of alkyl halides is 3. The van der Waals surface area contributed by atoms with Crippen molar-refractivity contribution in [2.24, 2.45) is 5.92 Å². The molecule has 2 aliphatic heterocycles. The van der Waals surface area contributed by atoms with Gasteiger partial charge in [-0.15, -0.1) is 0 Å². The Bertz CT molecular complexity index is 1390. The average Bonchev–Trinajstić information content (AvgIpc) is 3.35. The van der Waals surface area contributed by atoms with Crippen LogP contribution in [-0.4, -0.2) is 57.5 Å². The molecule has 6 rings (SSSR count). The maximum absolute atomic E-state index is 15.0. The van der Waals surface area contributed by atoms with Crippen molar-refractivity contribution in [2.75, 3.05) is 19.6 Å². The van der Waals surface area contributed by atoms with Gasteiger partial charge in [-0.2, -0.15) is 0 Å². The summed E-state index contributed by atoms with van der Waals surface area (Å²) in [5.41, 5.74) is 5.43. The molecule has 1 saturated heterocycles. The number of H-pyrrole nitrogens is 2. The molecule has 4 aromatic rings. The predicted octanol–water partition coefficient (Wildman–Crippen LogP) is 6.43. The Balaban J connectivity index is 1.37. The number of hydrogen-bond donors (Lipinski definition) is 2. The highest BCUT2D eigenvalue weighted by Gasteiger charge is 2.38. The summed E-state index contributed by atoms with van der Waals surface area (Å²) in [6, 6.07) is 17.0. The Morgan fingerprint density at radius 2 is 1.81 bits per heavy atom. The molecule has 2 aromatic heterocycles. The zero-order valence-corrected chi connectivity index (χ0v) is 21.0. The first-order valence-electron chi connectivity index (χ1n) is 12.8. The molecular weight excluding hydrogens is 461 g/mol. The van der Waals surface area contributed by atoms with Crippen molar-refractivity contribution in [2.45, 2.75) is 57.9 Å². The Morgan fingerprint density at radius 1 is 1.03 bits per heavy atom. The van der Waals surface area contributed by atoms with Gasteiger partial charge in [0.05, 0.1) is 6.04 Å². The molecule has 0 radical (unpaired) electrons. The molecule has 0 unspecified atom stereocenters. The van der Waals surface area contributed by atoms with E-state index >= 15 is 4.39 Å². The molecule has 4 heterocycles. The van der Waals surface area contributed by atoms with Crippen LogP contribution >= 0.6 is 0 Å². The number of hydrogen-bond acceptors (Lipinski definition) is 2. The minimum Gasteiger partial charge on any atom is -0.357 e. The molecule has 7 heteroatoms. The van der Waals surface area contributed by atoms with Gasteiger partial charge in [0.15, 0.2) is 0 Å². The van der Waals surface area contributed by atoms with Crippen molar-refractivity contribution < 1.29 is 13.2 Å². The number of likely N-dealkylation sites (tertiary alicyclic amines) is 1. The van der Waals surface area contributed by atoms with E-state index in [1.54, 1.807) is 13.8 Å². The number of aromatic amines is 2. The van der Waals surface area contributed by atoms with Crippen molar-refractivity contribution in [1.82, 2.24) is 19.8 Å². The van der Waals surface area contributed by atoms with Crippen molar-refractivity contribution >= 4 is 21.8 Å². The summed E-state index contributed by atoms with van der Waals surface area (Å²) in [7, 11) is 0. The van der Waals surface area contributed by atoms with Crippen molar-refractivity contribution in [3.05, 3.63) is 71.0 Å². The van der Waals surface area contributed by atoms with Crippen LogP contribution in [0.2, 0.25) is 0 Å². The molecule has 0 aliphatic carbocycles. The summed E-state index contributed by atoms with van der Waals surface area (Å²) >= 11 is 0. The van der Waals surface area contributed by atoms with Crippen molar-refractivity contribution in [1.29, 1.82) is 0 Å². The molecule has 36 heavy (non-hydrogen) atoms. The van der Waals surface area contributed by atoms with Gasteiger partial charge in [0.1, 0.15) is 5.67 Å². The summed E-state index contributed by atoms with van der Waals surface area (Å²) in [5, 5.41) is 2.33. The second-order valence-electron chi connectivity index (χ2n) is 11.3. The number of rotatable bonds is 6. The molecule has 2 atom stereocenters. The summed E-state index contributed by atoms with van der Waals surface area (Å²) in [4.78, 5) is 11.5. The monoisotopic (exact) mass is 494 g/mol. The molecule has 0 saturated carbocycles. The number of para-hydroxylation sites is 1. The third kappa shape index (κ3) is 4.22. The highest BCUT2D eigenvalue weighted by Crippen LogP contribution is 2.42. The van der Waals surface area contributed by atoms with Crippen LogP contribution in [-0.2, 0) is 13.0 Å². The number of nitrogens with one attached hydrogen (secondary N) is 2. The molecule has 190 valence electrons. The normalized spacial score (nSPS) is 22.0. The van der Waals surface area contributed by atoms with E-state index in [9.17, 15) is 8.78 Å². The molecule has 0 amide bonds. The Kier molecular flexibility index (Phi) is 5.68. The van der Waals surface area contributed by atoms with Crippen LogP contribution in [0.3, 0.4) is 0 Å². The molecular formula is C29H33F3N4. The first-order valence-corrected chi connectivity index (χ1v) is 12.8. The first kappa shape index (κ1) is 23.6. The fourth-order valence-electron chi connectivity index (χ4n) is 6.15. The van der Waals surface area contributed by atoms with Gasteiger partial charge in [-0.25, -0.2) is 13.2 Å². The number of nitrogens with zero attached hydrogens (tertiary/aromatic N) is 2. The van der Waals surface area contributed by atoms with Crippen LogP contribution in [0.5, 0.6) is 0 Å². The minimum absolute atomic E-state index is 0.0869. The zero-order chi connectivity index (χ0) is 25.2. The van der Waals surface area contributed by atoms with Crippen LogP contribution in [0.15, 0.2) is 48.5 Å². The average molecular weight is 495 g/mol. The molecule has 4 nitrogen and oxygen atoms in total. The van der Waals surface area contributed by atoms with Crippen LogP contribution in [0, 0.1) is 5.92 Å². The van der Waals surface area contributed by atoms with Gasteiger partial charge in [0, 0.05) is 71.3 Å². The lowest BCUT2D eigenvalue weighted by Gasteiger charge is -2.43. The lowest BCUT2D eigenvalue weighted by atomic mass is 9.87. The van der Waals surface area contributed by atoms with Gasteiger partial charge in [-0.1, -0.05) is 24.3 Å². The molecule has 2 N–H and O–H groups in total. The highest BCUT2D eigenvalue weighted by molar-refractivity contribution is 5.86. The van der Waals surface area contributed by atoms with E-state index in [1.807, 2.05) is 11.0 Å². The summed E-state index contributed by atoms with van der Waals surface area (Å²) in [6.07, 6.45) is -1.37. The molecule has 2 aliphatic rings. The van der Waals surface area contributed by atoms with Gasteiger partial charge >= 0.3 is 0 Å². The third-order valence-electron chi connectivity index (χ3n) is 7.83. The van der Waals surface area contributed by atoms with Gasteiger partial charge in [-0.05, 0) is 62.6 Å². The number of halogens is 3. The Hall–Kier alpha value is -2.77. The SMILES string of the molecule is C[C@@H]1Cc2c([nH]c3ccccc23)[C@@H](c2ccc3[nH]c(CN4CC(C(F)F)C4)cc3c2)N1CC(C)(C)F. The van der Waals surface area contributed by atoms with E-state index in [2.05, 4.69) is 64.3 Å². The van der Waals surface area contributed by atoms with Crippen molar-refractivity contribution in [3.8, 4) is 0 Å². The largest absolute Gasteiger partial charge is 0.357 e. The fourth-order valence-corrected chi connectivity index (χ4v) is 6.15. The van der Waals surface area contributed by atoms with Crippen LogP contribution < -0.4 is 0 Å². The fraction of sp³-hybridized carbons (Fsp3) is 0.448. The number of benzene rings is 2.